The van der Waals surface area contributed by atoms with Crippen LogP contribution in [0, 0.1) is 9.49 Å². The largest absolute Gasteiger partial charge is 0.342 e. The van der Waals surface area contributed by atoms with Crippen molar-refractivity contribution in [2.75, 3.05) is 0 Å². The second-order valence-corrected chi connectivity index (χ2v) is 7.09. The predicted molar refractivity (Wildman–Crippen MR) is 100 cm³/mol. The molecule has 0 aliphatic rings. The molecule has 0 saturated heterocycles. The van der Waals surface area contributed by atoms with E-state index < -0.39 is 0 Å². The lowest BCUT2D eigenvalue weighted by Crippen LogP contribution is -2.32. The number of rotatable bonds is 4. The van der Waals surface area contributed by atoms with E-state index in [0.717, 1.165) is 20.4 Å². The molecule has 23 heavy (non-hydrogen) atoms. The molecule has 0 radical (unpaired) electrons. The van der Waals surface area contributed by atoms with Crippen molar-refractivity contribution in [2.24, 2.45) is 5.92 Å². The maximum Gasteiger partial charge on any atom is 0.251 e. The van der Waals surface area contributed by atoms with Crippen molar-refractivity contribution in [2.45, 2.75) is 19.9 Å². The Bertz CT molecular complexity index is 808. The van der Waals surface area contributed by atoms with E-state index in [-0.39, 0.29) is 17.9 Å². The van der Waals surface area contributed by atoms with Crippen LogP contribution < -0.4 is 5.32 Å². The molecule has 1 atom stereocenters. The summed E-state index contributed by atoms with van der Waals surface area (Å²) < 4.78 is 1.04. The van der Waals surface area contributed by atoms with Crippen LogP contribution in [-0.2, 0) is 0 Å². The number of fused-ring (bicyclic) bond motifs is 1. The molecule has 1 heterocycles. The molecule has 0 spiro atoms. The van der Waals surface area contributed by atoms with Gasteiger partial charge in [-0.05, 0) is 58.8 Å². The van der Waals surface area contributed by atoms with Crippen molar-refractivity contribution in [1.29, 1.82) is 0 Å². The first-order valence-corrected chi connectivity index (χ1v) is 8.63. The molecule has 118 valence electrons. The second-order valence-electron chi connectivity index (χ2n) is 5.84. The predicted octanol–water partition coefficient (Wildman–Crippen LogP) is 4.29. The Labute approximate surface area is 148 Å². The number of benzene rings is 2. The molecule has 1 aromatic heterocycles. The SMILES string of the molecule is CC(C)C(NC(=O)c1cccc(I)c1)c1nc2ccccc2[nH]1. The number of amides is 1. The molecule has 0 aliphatic heterocycles. The molecule has 3 aromatic rings. The molecule has 4 nitrogen and oxygen atoms in total. The van der Waals surface area contributed by atoms with E-state index in [1.807, 2.05) is 48.5 Å². The van der Waals surface area contributed by atoms with Crippen LogP contribution in [0.5, 0.6) is 0 Å². The zero-order valence-electron chi connectivity index (χ0n) is 13.0. The van der Waals surface area contributed by atoms with Crippen molar-refractivity contribution in [3.8, 4) is 0 Å². The fourth-order valence-corrected chi connectivity index (χ4v) is 3.07. The van der Waals surface area contributed by atoms with Gasteiger partial charge in [0, 0.05) is 9.13 Å². The molecule has 0 fully saturated rings. The minimum atomic E-state index is -0.159. The molecule has 5 heteroatoms. The third-order valence-electron chi connectivity index (χ3n) is 3.74. The number of carbonyl (C=O) groups excluding carboxylic acids is 1. The smallest absolute Gasteiger partial charge is 0.251 e. The molecule has 0 saturated carbocycles. The molecule has 1 amide bonds. The third-order valence-corrected chi connectivity index (χ3v) is 4.41. The van der Waals surface area contributed by atoms with Gasteiger partial charge in [0.15, 0.2) is 0 Å². The summed E-state index contributed by atoms with van der Waals surface area (Å²) in [7, 11) is 0. The van der Waals surface area contributed by atoms with Crippen molar-refractivity contribution >= 4 is 39.5 Å². The summed E-state index contributed by atoms with van der Waals surface area (Å²) in [5.74, 6) is 0.935. The summed E-state index contributed by atoms with van der Waals surface area (Å²) in [6, 6.07) is 15.3. The number of hydrogen-bond donors (Lipinski definition) is 2. The van der Waals surface area contributed by atoms with Crippen LogP contribution in [0.3, 0.4) is 0 Å². The molecular weight excluding hydrogens is 401 g/mol. The lowest BCUT2D eigenvalue weighted by atomic mass is 10.0. The summed E-state index contributed by atoms with van der Waals surface area (Å²) in [5, 5.41) is 3.10. The molecule has 0 aliphatic carbocycles. The summed E-state index contributed by atoms with van der Waals surface area (Å²) in [4.78, 5) is 20.5. The van der Waals surface area contributed by atoms with E-state index in [0.29, 0.717) is 5.56 Å². The summed E-state index contributed by atoms with van der Waals surface area (Å²) in [6.45, 7) is 4.15. The van der Waals surface area contributed by atoms with Crippen LogP contribution in [0.4, 0.5) is 0 Å². The van der Waals surface area contributed by atoms with Gasteiger partial charge >= 0.3 is 0 Å². The van der Waals surface area contributed by atoms with Crippen LogP contribution in [-0.4, -0.2) is 15.9 Å². The van der Waals surface area contributed by atoms with E-state index in [4.69, 9.17) is 0 Å². The summed E-state index contributed by atoms with van der Waals surface area (Å²) >= 11 is 2.21. The van der Waals surface area contributed by atoms with E-state index >= 15 is 0 Å². The molecule has 2 aromatic carbocycles. The van der Waals surface area contributed by atoms with Crippen LogP contribution in [0.1, 0.15) is 36.1 Å². The van der Waals surface area contributed by atoms with Gasteiger partial charge in [-0.15, -0.1) is 0 Å². The summed E-state index contributed by atoms with van der Waals surface area (Å²) in [5.41, 5.74) is 2.56. The topological polar surface area (TPSA) is 57.8 Å². The Morgan fingerprint density at radius 2 is 1.96 bits per heavy atom. The number of halogens is 1. The maximum absolute atomic E-state index is 12.5. The van der Waals surface area contributed by atoms with Gasteiger partial charge in [-0.25, -0.2) is 4.98 Å². The van der Waals surface area contributed by atoms with Crippen LogP contribution in [0.15, 0.2) is 48.5 Å². The zero-order valence-corrected chi connectivity index (χ0v) is 15.2. The van der Waals surface area contributed by atoms with Crippen molar-refractivity contribution in [3.63, 3.8) is 0 Å². The van der Waals surface area contributed by atoms with Crippen LogP contribution >= 0.6 is 22.6 Å². The van der Waals surface area contributed by atoms with Gasteiger partial charge in [0.2, 0.25) is 0 Å². The number of aromatic nitrogens is 2. The first kappa shape index (κ1) is 16.0. The standard InChI is InChI=1S/C18H18IN3O/c1-11(2)16(17-20-14-8-3-4-9-15(14)21-17)22-18(23)12-6-5-7-13(19)10-12/h3-11,16H,1-2H3,(H,20,21)(H,22,23). The average molecular weight is 419 g/mol. The molecule has 3 rings (SSSR count). The Morgan fingerprint density at radius 3 is 2.65 bits per heavy atom. The highest BCUT2D eigenvalue weighted by Crippen LogP contribution is 2.22. The molecule has 0 bridgehead atoms. The number of H-pyrrole nitrogens is 1. The van der Waals surface area contributed by atoms with Gasteiger partial charge in [-0.2, -0.15) is 0 Å². The highest BCUT2D eigenvalue weighted by Gasteiger charge is 2.22. The number of aromatic amines is 1. The van der Waals surface area contributed by atoms with Gasteiger partial charge in [0.25, 0.3) is 5.91 Å². The second kappa shape index (κ2) is 6.70. The lowest BCUT2D eigenvalue weighted by Gasteiger charge is -2.20. The fourth-order valence-electron chi connectivity index (χ4n) is 2.52. The van der Waals surface area contributed by atoms with E-state index in [2.05, 4.69) is 51.7 Å². The van der Waals surface area contributed by atoms with Gasteiger partial charge in [-0.3, -0.25) is 4.79 Å². The molecule has 1 unspecified atom stereocenters. The summed E-state index contributed by atoms with van der Waals surface area (Å²) in [6.07, 6.45) is 0. The Kier molecular flexibility index (Phi) is 4.66. The minimum absolute atomic E-state index is 0.0809. The Morgan fingerprint density at radius 1 is 1.17 bits per heavy atom. The fraction of sp³-hybridized carbons (Fsp3) is 0.222. The number of carbonyl (C=O) groups is 1. The first-order chi connectivity index (χ1) is 11.0. The van der Waals surface area contributed by atoms with E-state index in [9.17, 15) is 4.79 Å². The monoisotopic (exact) mass is 419 g/mol. The Balaban J connectivity index is 1.88. The Hall–Kier alpha value is -1.89. The van der Waals surface area contributed by atoms with Crippen LogP contribution in [0.2, 0.25) is 0 Å². The highest BCUT2D eigenvalue weighted by atomic mass is 127. The average Bonchev–Trinajstić information content (AvgIpc) is 2.95. The number of nitrogens with one attached hydrogen (secondary N) is 2. The quantitative estimate of drug-likeness (QED) is 0.620. The van der Waals surface area contributed by atoms with Crippen molar-refractivity contribution < 1.29 is 4.79 Å². The van der Waals surface area contributed by atoms with Gasteiger partial charge in [-0.1, -0.05) is 32.0 Å². The highest BCUT2D eigenvalue weighted by molar-refractivity contribution is 14.1. The number of para-hydroxylation sites is 2. The van der Waals surface area contributed by atoms with Gasteiger partial charge in [0.1, 0.15) is 5.82 Å². The zero-order chi connectivity index (χ0) is 16.4. The van der Waals surface area contributed by atoms with E-state index in [1.54, 1.807) is 0 Å². The van der Waals surface area contributed by atoms with E-state index in [1.165, 1.54) is 0 Å². The first-order valence-electron chi connectivity index (χ1n) is 7.55. The molecule has 2 N–H and O–H groups in total. The number of hydrogen-bond acceptors (Lipinski definition) is 2. The van der Waals surface area contributed by atoms with Gasteiger partial charge in [0.05, 0.1) is 17.1 Å². The third kappa shape index (κ3) is 3.55. The number of nitrogens with zero attached hydrogens (tertiary/aromatic N) is 1. The minimum Gasteiger partial charge on any atom is -0.342 e. The maximum atomic E-state index is 12.5. The van der Waals surface area contributed by atoms with Gasteiger partial charge < -0.3 is 10.3 Å². The molecular formula is C18H18IN3O. The van der Waals surface area contributed by atoms with Crippen molar-refractivity contribution in [3.05, 3.63) is 63.5 Å². The lowest BCUT2D eigenvalue weighted by molar-refractivity contribution is 0.0923. The van der Waals surface area contributed by atoms with Crippen LogP contribution in [0.25, 0.3) is 11.0 Å². The normalized spacial score (nSPS) is 12.5. The van der Waals surface area contributed by atoms with Crippen molar-refractivity contribution in [1.82, 2.24) is 15.3 Å². The number of imidazole rings is 1.